The molecule has 13 heteroatoms. The van der Waals surface area contributed by atoms with Crippen molar-refractivity contribution in [1.29, 1.82) is 0 Å². The van der Waals surface area contributed by atoms with Crippen LogP contribution in [0.3, 0.4) is 0 Å². The maximum absolute atomic E-state index is 13.3. The summed E-state index contributed by atoms with van der Waals surface area (Å²) in [6.07, 6.45) is 3.52. The van der Waals surface area contributed by atoms with Crippen LogP contribution in [0.15, 0.2) is 23.6 Å². The van der Waals surface area contributed by atoms with Crippen LogP contribution in [0.25, 0.3) is 0 Å². The van der Waals surface area contributed by atoms with Crippen LogP contribution in [-0.2, 0) is 20.6 Å². The molecule has 1 unspecified atom stereocenters. The number of amides is 2. The maximum Gasteiger partial charge on any atom is 0.524 e. The van der Waals surface area contributed by atoms with E-state index in [2.05, 4.69) is 31.1 Å². The second kappa shape index (κ2) is 16.3. The van der Waals surface area contributed by atoms with E-state index >= 15 is 0 Å². The molecule has 2 aromatic rings. The second-order valence-electron chi connectivity index (χ2n) is 11.7. The number of phosphoric ester groups is 1. The average Bonchev–Trinajstić information content (AvgIpc) is 3.41. The Morgan fingerprint density at radius 3 is 2.37 bits per heavy atom. The van der Waals surface area contributed by atoms with Crippen LogP contribution in [0, 0.1) is 18.8 Å². The molecule has 0 aliphatic heterocycles. The van der Waals surface area contributed by atoms with Crippen molar-refractivity contribution in [2.45, 2.75) is 98.1 Å². The lowest BCUT2D eigenvalue weighted by Gasteiger charge is -2.33. The monoisotopic (exact) mass is 639 g/mol. The van der Waals surface area contributed by atoms with E-state index in [1.807, 2.05) is 18.9 Å². The second-order valence-corrected chi connectivity index (χ2v) is 13.7. The summed E-state index contributed by atoms with van der Waals surface area (Å²) in [7, 11) is -2.86. The summed E-state index contributed by atoms with van der Waals surface area (Å²) in [5, 5.41) is 14.9. The van der Waals surface area contributed by atoms with E-state index < -0.39 is 31.7 Å². The quantitative estimate of drug-likeness (QED) is 0.163. The van der Waals surface area contributed by atoms with Crippen molar-refractivity contribution in [3.8, 4) is 5.75 Å². The molecule has 0 fully saturated rings. The van der Waals surface area contributed by atoms with E-state index in [1.54, 1.807) is 31.4 Å². The van der Waals surface area contributed by atoms with E-state index in [0.717, 1.165) is 23.4 Å². The van der Waals surface area contributed by atoms with Crippen LogP contribution >= 0.6 is 19.2 Å². The van der Waals surface area contributed by atoms with Crippen LogP contribution in [0.2, 0.25) is 0 Å². The third kappa shape index (κ3) is 11.7. The highest BCUT2D eigenvalue weighted by atomic mass is 32.1. The van der Waals surface area contributed by atoms with Crippen LogP contribution in [0.5, 0.6) is 5.75 Å². The number of nitrogens with zero attached hydrogens (tertiary/aromatic N) is 2. The van der Waals surface area contributed by atoms with Crippen molar-refractivity contribution in [3.63, 3.8) is 0 Å². The Hall–Kier alpha value is -2.79. The molecular formula is C30H46N3O8PS. The van der Waals surface area contributed by atoms with Gasteiger partial charge in [0.15, 0.2) is 0 Å². The first kappa shape index (κ1) is 36.4. The molecule has 0 spiro atoms. The number of aliphatic carboxylic acids is 1. The lowest BCUT2D eigenvalue weighted by atomic mass is 9.92. The third-order valence-corrected chi connectivity index (χ3v) is 9.02. The largest absolute Gasteiger partial charge is 0.524 e. The summed E-state index contributed by atoms with van der Waals surface area (Å²) in [5.74, 6) is -1.69. The smallest absolute Gasteiger partial charge is 0.481 e. The molecule has 0 saturated heterocycles. The lowest BCUT2D eigenvalue weighted by molar-refractivity contribution is -0.141. The fourth-order valence-electron chi connectivity index (χ4n) is 4.98. The first-order valence-electron chi connectivity index (χ1n) is 14.6. The first-order chi connectivity index (χ1) is 20.0. The number of carbonyl (C=O) groups excluding carboxylic acids is 2. The molecule has 2 rings (SSSR count). The predicted molar refractivity (Wildman–Crippen MR) is 166 cm³/mol. The molecule has 4 N–H and O–H groups in total. The van der Waals surface area contributed by atoms with E-state index in [9.17, 15) is 24.1 Å². The van der Waals surface area contributed by atoms with Gasteiger partial charge in [-0.2, -0.15) is 0 Å². The number of aryl methyl sites for hydroxylation is 1. The highest BCUT2D eigenvalue weighted by Crippen LogP contribution is 2.39. The van der Waals surface area contributed by atoms with Gasteiger partial charge in [-0.3, -0.25) is 24.2 Å². The molecule has 0 aliphatic carbocycles. The van der Waals surface area contributed by atoms with Gasteiger partial charge in [0.1, 0.15) is 11.4 Å². The molecule has 11 nitrogen and oxygen atoms in total. The average molecular weight is 640 g/mol. The molecule has 1 aromatic carbocycles. The van der Waals surface area contributed by atoms with Crippen molar-refractivity contribution >= 4 is 36.9 Å². The number of hydrogen-bond donors (Lipinski definition) is 4. The number of hydrogen-bond acceptors (Lipinski definition) is 7. The minimum absolute atomic E-state index is 0.0139. The highest BCUT2D eigenvalue weighted by Gasteiger charge is 2.28. The Morgan fingerprint density at radius 1 is 1.14 bits per heavy atom. The van der Waals surface area contributed by atoms with Crippen LogP contribution in [0.1, 0.15) is 99.3 Å². The maximum atomic E-state index is 13.3. The first-order valence-corrected chi connectivity index (χ1v) is 17.0. The number of carboxylic acid groups (broad SMARTS) is 1. The molecule has 43 heavy (non-hydrogen) atoms. The molecule has 0 radical (unpaired) electrons. The van der Waals surface area contributed by atoms with Gasteiger partial charge >= 0.3 is 13.8 Å². The van der Waals surface area contributed by atoms with E-state index in [-0.39, 0.29) is 41.6 Å². The Bertz CT molecular complexity index is 1290. The minimum atomic E-state index is -4.72. The number of carbonyl (C=O) groups is 3. The van der Waals surface area contributed by atoms with Crippen molar-refractivity contribution in [3.05, 3.63) is 45.4 Å². The number of aromatic nitrogens is 1. The van der Waals surface area contributed by atoms with Crippen LogP contribution < -0.4 is 9.84 Å². The zero-order valence-corrected chi connectivity index (χ0v) is 27.8. The minimum Gasteiger partial charge on any atom is -0.481 e. The van der Waals surface area contributed by atoms with Gasteiger partial charge in [0, 0.05) is 36.9 Å². The number of phosphoric acid groups is 1. The number of nitrogens with one attached hydrogen (secondary N) is 1. The molecule has 0 bridgehead atoms. The summed E-state index contributed by atoms with van der Waals surface area (Å²) >= 11 is 1.38. The van der Waals surface area contributed by atoms with Crippen molar-refractivity contribution in [1.82, 2.24) is 15.2 Å². The highest BCUT2D eigenvalue weighted by molar-refractivity contribution is 7.46. The molecule has 1 aromatic heterocycles. The fourth-order valence-corrected chi connectivity index (χ4v) is 6.31. The zero-order chi connectivity index (χ0) is 32.5. The Morgan fingerprint density at radius 2 is 1.81 bits per heavy atom. The van der Waals surface area contributed by atoms with Crippen molar-refractivity contribution in [2.75, 3.05) is 7.05 Å². The van der Waals surface area contributed by atoms with E-state index in [1.165, 1.54) is 17.4 Å². The van der Waals surface area contributed by atoms with Gasteiger partial charge in [0.05, 0.1) is 10.9 Å². The molecular weight excluding hydrogens is 593 g/mol. The molecule has 2 amide bonds. The van der Waals surface area contributed by atoms with Gasteiger partial charge in [0.25, 0.3) is 5.91 Å². The number of carboxylic acids is 1. The Balaban J connectivity index is 2.17. The Labute approximate surface area is 258 Å². The summed E-state index contributed by atoms with van der Waals surface area (Å²) in [5.41, 5.74) is 1.48. The Kier molecular flexibility index (Phi) is 13.8. The topological polar surface area (TPSA) is 166 Å². The summed E-state index contributed by atoms with van der Waals surface area (Å²) in [6.45, 7) is 11.5. The molecule has 0 aliphatic rings. The lowest BCUT2D eigenvalue weighted by Crippen LogP contribution is -2.41. The van der Waals surface area contributed by atoms with Crippen molar-refractivity contribution < 1.29 is 38.4 Å². The van der Waals surface area contributed by atoms with Gasteiger partial charge in [-0.25, -0.2) is 9.55 Å². The van der Waals surface area contributed by atoms with Crippen LogP contribution in [-0.4, -0.2) is 61.7 Å². The van der Waals surface area contributed by atoms with Gasteiger partial charge in [-0.1, -0.05) is 53.2 Å². The normalized spacial score (nSPS) is 14.6. The number of unbranched alkanes of at least 4 members (excludes halogenated alkanes) is 1. The number of rotatable bonds is 17. The standard InChI is InChI=1S/C30H46N3O8PS/c1-8-9-10-27(34)33(7)25(18(2)3)15-20(5)29-32-24(17-43-29)28(35)31-23(14-21(6)30(36)37)16-22-11-12-26(19(4)13-22)41-42(38,39)40/h11-13,17-18,20-21,23,25H,8-10,14-16H2,1-7H3,(H,31,35)(H,36,37)(H2,38,39,40)/t20-,21?,23-,25-/m1/s1. The zero-order valence-electron chi connectivity index (χ0n) is 26.1. The number of benzene rings is 1. The van der Waals surface area contributed by atoms with E-state index in [4.69, 9.17) is 14.3 Å². The van der Waals surface area contributed by atoms with E-state index in [0.29, 0.717) is 24.8 Å². The summed E-state index contributed by atoms with van der Waals surface area (Å²) in [4.78, 5) is 62.2. The van der Waals surface area contributed by atoms with Gasteiger partial charge in [0.2, 0.25) is 5.91 Å². The number of thiazole rings is 1. The molecule has 0 saturated carbocycles. The SMILES string of the molecule is CCCCC(=O)N(C)[C@H](C[C@@H](C)c1nc(C(=O)N[C@@H](Cc2ccc(OP(=O)(O)O)c(C)c2)CC(C)C(=O)O)cs1)C(C)C. The van der Waals surface area contributed by atoms with Gasteiger partial charge in [-0.15, -0.1) is 11.3 Å². The van der Waals surface area contributed by atoms with Gasteiger partial charge in [-0.05, 0) is 55.7 Å². The van der Waals surface area contributed by atoms with Crippen LogP contribution in [0.4, 0.5) is 0 Å². The summed E-state index contributed by atoms with van der Waals surface area (Å²) < 4.78 is 15.9. The van der Waals surface area contributed by atoms with Crippen molar-refractivity contribution in [2.24, 2.45) is 11.8 Å². The third-order valence-electron chi connectivity index (χ3n) is 7.51. The summed E-state index contributed by atoms with van der Waals surface area (Å²) in [6, 6.07) is 4.25. The van der Waals surface area contributed by atoms with Gasteiger partial charge < -0.3 is 19.8 Å². The fraction of sp³-hybridized carbons (Fsp3) is 0.600. The molecule has 4 atom stereocenters. The molecule has 240 valence electrons. The molecule has 1 heterocycles. The predicted octanol–water partition coefficient (Wildman–Crippen LogP) is 5.54.